The van der Waals surface area contributed by atoms with Crippen molar-refractivity contribution < 1.29 is 14.3 Å². The molecule has 2 fully saturated rings. The molecule has 2 saturated heterocycles. The second-order valence-electron chi connectivity index (χ2n) is 7.84. The van der Waals surface area contributed by atoms with E-state index >= 15 is 0 Å². The largest absolute Gasteiger partial charge is 0.456 e. The van der Waals surface area contributed by atoms with Gasteiger partial charge in [0.2, 0.25) is 0 Å². The molecule has 1 aromatic rings. The molecule has 2 atom stereocenters. The lowest BCUT2D eigenvalue weighted by atomic mass is 9.86. The van der Waals surface area contributed by atoms with Gasteiger partial charge in [-0.05, 0) is 39.2 Å². The topological polar surface area (TPSA) is 77.2 Å². The molecule has 1 aromatic heterocycles. The molecule has 0 saturated carbocycles. The Balaban J connectivity index is 1.71. The Bertz CT molecular complexity index is 697. The van der Waals surface area contributed by atoms with Gasteiger partial charge < -0.3 is 19.3 Å². The van der Waals surface area contributed by atoms with Crippen LogP contribution >= 0.6 is 0 Å². The summed E-state index contributed by atoms with van der Waals surface area (Å²) in [5.41, 5.74) is -0.203. The second-order valence-corrected chi connectivity index (χ2v) is 7.84. The van der Waals surface area contributed by atoms with Crippen LogP contribution in [-0.2, 0) is 0 Å². The Morgan fingerprint density at radius 1 is 1.22 bits per heavy atom. The summed E-state index contributed by atoms with van der Waals surface area (Å²) in [5, 5.41) is 9.29. The number of hydrogen-bond acceptors (Lipinski definition) is 6. The SMILES string of the molecule is Cc1cc(=O)cc(C(=O)N2CC[C@H](N3CCN(C)CC3)[C@H](CCCO)C2)o1. The second kappa shape index (κ2) is 8.99. The summed E-state index contributed by atoms with van der Waals surface area (Å²) in [7, 11) is 2.15. The van der Waals surface area contributed by atoms with Crippen LogP contribution in [0.2, 0.25) is 0 Å². The number of likely N-dealkylation sites (tertiary alicyclic amines) is 1. The van der Waals surface area contributed by atoms with Crippen LogP contribution in [0.3, 0.4) is 0 Å². The first kappa shape index (κ1) is 20.0. The van der Waals surface area contributed by atoms with E-state index in [0.717, 1.165) is 45.4 Å². The van der Waals surface area contributed by atoms with Crippen LogP contribution in [0.1, 0.15) is 35.6 Å². The minimum absolute atomic E-state index is 0.124. The van der Waals surface area contributed by atoms with Crippen LogP contribution in [0.15, 0.2) is 21.3 Å². The molecule has 0 radical (unpaired) electrons. The summed E-state index contributed by atoms with van der Waals surface area (Å²) in [6, 6.07) is 3.12. The fourth-order valence-electron chi connectivity index (χ4n) is 4.34. The number of aliphatic hydroxyl groups excluding tert-OH is 1. The van der Waals surface area contributed by atoms with E-state index in [-0.39, 0.29) is 23.7 Å². The van der Waals surface area contributed by atoms with Crippen LogP contribution in [0.5, 0.6) is 0 Å². The summed E-state index contributed by atoms with van der Waals surface area (Å²) in [5.74, 6) is 0.699. The molecule has 3 rings (SSSR count). The fourth-order valence-corrected chi connectivity index (χ4v) is 4.34. The lowest BCUT2D eigenvalue weighted by molar-refractivity contribution is 0.0203. The molecule has 2 aliphatic rings. The molecule has 7 heteroatoms. The van der Waals surface area contributed by atoms with E-state index in [1.54, 1.807) is 6.92 Å². The van der Waals surface area contributed by atoms with Crippen molar-refractivity contribution >= 4 is 5.91 Å². The zero-order chi connectivity index (χ0) is 19.4. The van der Waals surface area contributed by atoms with Crippen LogP contribution in [0.25, 0.3) is 0 Å². The van der Waals surface area contributed by atoms with E-state index < -0.39 is 0 Å². The van der Waals surface area contributed by atoms with Crippen molar-refractivity contribution in [3.05, 3.63) is 33.9 Å². The van der Waals surface area contributed by atoms with Gasteiger partial charge in [-0.25, -0.2) is 0 Å². The highest BCUT2D eigenvalue weighted by atomic mass is 16.3. The molecule has 0 spiro atoms. The maximum Gasteiger partial charge on any atom is 0.289 e. The molecule has 2 aliphatic heterocycles. The van der Waals surface area contributed by atoms with Crippen molar-refractivity contribution in [2.24, 2.45) is 5.92 Å². The van der Waals surface area contributed by atoms with Crippen molar-refractivity contribution in [1.29, 1.82) is 0 Å². The van der Waals surface area contributed by atoms with Crippen molar-refractivity contribution in [1.82, 2.24) is 14.7 Å². The van der Waals surface area contributed by atoms with Crippen LogP contribution < -0.4 is 5.43 Å². The maximum absolute atomic E-state index is 12.9. The first-order valence-electron chi connectivity index (χ1n) is 9.92. The van der Waals surface area contributed by atoms with E-state index in [2.05, 4.69) is 16.8 Å². The highest BCUT2D eigenvalue weighted by Crippen LogP contribution is 2.28. The number of piperazine rings is 1. The van der Waals surface area contributed by atoms with Gasteiger partial charge in [0, 0.05) is 64.0 Å². The predicted octanol–water partition coefficient (Wildman–Crippen LogP) is 0.799. The van der Waals surface area contributed by atoms with Crippen LogP contribution in [-0.4, -0.2) is 84.7 Å². The van der Waals surface area contributed by atoms with Gasteiger partial charge in [-0.15, -0.1) is 0 Å². The number of carbonyl (C=O) groups is 1. The third-order valence-corrected chi connectivity index (χ3v) is 5.82. The predicted molar refractivity (Wildman–Crippen MR) is 103 cm³/mol. The summed E-state index contributed by atoms with van der Waals surface area (Å²) in [6.07, 6.45) is 2.56. The third kappa shape index (κ3) is 4.97. The van der Waals surface area contributed by atoms with E-state index in [4.69, 9.17) is 4.42 Å². The zero-order valence-corrected chi connectivity index (χ0v) is 16.4. The van der Waals surface area contributed by atoms with E-state index in [1.165, 1.54) is 12.1 Å². The average molecular weight is 377 g/mol. The first-order valence-corrected chi connectivity index (χ1v) is 9.92. The molecular formula is C20H31N3O4. The van der Waals surface area contributed by atoms with Gasteiger partial charge in [-0.1, -0.05) is 0 Å². The average Bonchev–Trinajstić information content (AvgIpc) is 2.65. The number of nitrogens with zero attached hydrogens (tertiary/aromatic N) is 3. The lowest BCUT2D eigenvalue weighted by Gasteiger charge is -2.46. The monoisotopic (exact) mass is 377 g/mol. The zero-order valence-electron chi connectivity index (χ0n) is 16.4. The normalized spacial score (nSPS) is 24.9. The molecule has 0 unspecified atom stereocenters. The fraction of sp³-hybridized carbons (Fsp3) is 0.700. The Kier molecular flexibility index (Phi) is 6.68. The van der Waals surface area contributed by atoms with Gasteiger partial charge in [0.05, 0.1) is 0 Å². The minimum atomic E-state index is -0.207. The number of amides is 1. The van der Waals surface area contributed by atoms with Crippen LogP contribution in [0, 0.1) is 12.8 Å². The van der Waals surface area contributed by atoms with E-state index in [0.29, 0.717) is 30.8 Å². The van der Waals surface area contributed by atoms with Gasteiger partial charge in [0.25, 0.3) is 5.91 Å². The highest BCUT2D eigenvalue weighted by molar-refractivity contribution is 5.91. The molecule has 27 heavy (non-hydrogen) atoms. The van der Waals surface area contributed by atoms with Crippen molar-refractivity contribution in [2.75, 3.05) is 52.9 Å². The molecule has 1 amide bonds. The third-order valence-electron chi connectivity index (χ3n) is 5.82. The smallest absolute Gasteiger partial charge is 0.289 e. The minimum Gasteiger partial charge on any atom is -0.456 e. The number of hydrogen-bond donors (Lipinski definition) is 1. The molecule has 7 nitrogen and oxygen atoms in total. The number of likely N-dealkylation sites (N-methyl/N-ethyl adjacent to an activating group) is 1. The summed E-state index contributed by atoms with van der Waals surface area (Å²) in [4.78, 5) is 31.3. The Labute approximate surface area is 160 Å². The van der Waals surface area contributed by atoms with Gasteiger partial charge in [0.15, 0.2) is 11.2 Å². The van der Waals surface area contributed by atoms with E-state index in [9.17, 15) is 14.7 Å². The first-order chi connectivity index (χ1) is 13.0. The maximum atomic E-state index is 12.9. The number of piperidine rings is 1. The number of aliphatic hydroxyl groups is 1. The summed E-state index contributed by atoms with van der Waals surface area (Å²) in [6.45, 7) is 7.42. The van der Waals surface area contributed by atoms with Crippen LogP contribution in [0.4, 0.5) is 0 Å². The molecule has 0 aliphatic carbocycles. The Morgan fingerprint density at radius 3 is 2.63 bits per heavy atom. The molecule has 150 valence electrons. The van der Waals surface area contributed by atoms with Gasteiger partial charge in [0.1, 0.15) is 5.76 Å². The quantitative estimate of drug-likeness (QED) is 0.818. The lowest BCUT2D eigenvalue weighted by Crippen LogP contribution is -2.57. The van der Waals surface area contributed by atoms with Gasteiger partial charge >= 0.3 is 0 Å². The standard InChI is InChI=1S/C20H31N3O4/c1-15-12-17(25)13-19(27-15)20(26)23-6-5-18(16(14-23)4-3-11-24)22-9-7-21(2)8-10-22/h12-13,16,18,24H,3-11,14H2,1-2H3/t16-,18+/m1/s1. The van der Waals surface area contributed by atoms with Gasteiger partial charge in [-0.3, -0.25) is 14.5 Å². The van der Waals surface area contributed by atoms with Crippen molar-refractivity contribution in [3.8, 4) is 0 Å². The molecule has 0 bridgehead atoms. The Morgan fingerprint density at radius 2 is 1.96 bits per heavy atom. The summed E-state index contributed by atoms with van der Waals surface area (Å²) >= 11 is 0. The molecular weight excluding hydrogens is 346 g/mol. The molecule has 3 heterocycles. The molecule has 1 N–H and O–H groups in total. The number of aryl methyl sites for hydroxylation is 1. The Hall–Kier alpha value is -1.70. The number of rotatable bonds is 5. The summed E-state index contributed by atoms with van der Waals surface area (Å²) < 4.78 is 5.50. The number of carbonyl (C=O) groups excluding carboxylic acids is 1. The van der Waals surface area contributed by atoms with Gasteiger partial charge in [-0.2, -0.15) is 0 Å². The van der Waals surface area contributed by atoms with Crippen molar-refractivity contribution in [2.45, 2.75) is 32.2 Å². The van der Waals surface area contributed by atoms with Crippen molar-refractivity contribution in [3.63, 3.8) is 0 Å². The molecule has 0 aromatic carbocycles. The van der Waals surface area contributed by atoms with E-state index in [1.807, 2.05) is 4.90 Å². The highest BCUT2D eigenvalue weighted by Gasteiger charge is 2.36.